The highest BCUT2D eigenvalue weighted by molar-refractivity contribution is 5.82. The van der Waals surface area contributed by atoms with Gasteiger partial charge in [-0.1, -0.05) is 30.3 Å². The van der Waals surface area contributed by atoms with Gasteiger partial charge in [-0.2, -0.15) is 0 Å². The molecule has 0 saturated carbocycles. The van der Waals surface area contributed by atoms with Gasteiger partial charge in [0, 0.05) is 0 Å². The maximum Gasteiger partial charge on any atom is 0.253 e. The van der Waals surface area contributed by atoms with Gasteiger partial charge in [0.25, 0.3) is 5.91 Å². The standard InChI is InChI=1S/C12H17NO3/c1-12(2,8-14)13-11(16)10(15)9-6-4-3-5-7-9/h3-7,10,14-15H,8H2,1-2H3,(H,13,16)/t10-/m1/s1. The summed E-state index contributed by atoms with van der Waals surface area (Å²) in [6, 6.07) is 8.67. The van der Waals surface area contributed by atoms with Crippen LogP contribution >= 0.6 is 0 Å². The molecule has 16 heavy (non-hydrogen) atoms. The maximum atomic E-state index is 11.6. The van der Waals surface area contributed by atoms with Crippen LogP contribution in [0.3, 0.4) is 0 Å². The molecule has 4 nitrogen and oxygen atoms in total. The molecule has 0 radical (unpaired) electrons. The summed E-state index contributed by atoms with van der Waals surface area (Å²) in [5.74, 6) is -0.509. The summed E-state index contributed by atoms with van der Waals surface area (Å²) in [4.78, 5) is 11.6. The summed E-state index contributed by atoms with van der Waals surface area (Å²) in [6.45, 7) is 3.19. The third kappa shape index (κ3) is 3.32. The van der Waals surface area contributed by atoms with Crippen molar-refractivity contribution in [3.63, 3.8) is 0 Å². The molecule has 0 saturated heterocycles. The SMILES string of the molecule is CC(C)(CO)NC(=O)[C@H](O)c1ccccc1. The van der Waals surface area contributed by atoms with E-state index in [2.05, 4.69) is 5.32 Å². The van der Waals surface area contributed by atoms with Gasteiger partial charge in [-0.05, 0) is 19.4 Å². The Morgan fingerprint density at radius 1 is 1.38 bits per heavy atom. The first kappa shape index (κ1) is 12.7. The lowest BCUT2D eigenvalue weighted by Gasteiger charge is -2.25. The normalized spacial score (nSPS) is 13.2. The highest BCUT2D eigenvalue weighted by Crippen LogP contribution is 2.13. The lowest BCUT2D eigenvalue weighted by molar-refractivity contribution is -0.131. The third-order valence-corrected chi connectivity index (χ3v) is 2.22. The molecule has 88 valence electrons. The van der Waals surface area contributed by atoms with Crippen molar-refractivity contribution in [3.05, 3.63) is 35.9 Å². The minimum Gasteiger partial charge on any atom is -0.394 e. The second-order valence-corrected chi connectivity index (χ2v) is 4.34. The minimum absolute atomic E-state index is 0.180. The van der Waals surface area contributed by atoms with E-state index in [9.17, 15) is 9.90 Å². The first-order valence-electron chi connectivity index (χ1n) is 5.12. The molecule has 0 aliphatic carbocycles. The average Bonchev–Trinajstić information content (AvgIpc) is 2.28. The van der Waals surface area contributed by atoms with Crippen molar-refractivity contribution in [3.8, 4) is 0 Å². The van der Waals surface area contributed by atoms with Crippen molar-refractivity contribution in [2.75, 3.05) is 6.61 Å². The fourth-order valence-corrected chi connectivity index (χ4v) is 1.23. The predicted molar refractivity (Wildman–Crippen MR) is 60.7 cm³/mol. The topological polar surface area (TPSA) is 69.6 Å². The number of nitrogens with one attached hydrogen (secondary N) is 1. The Morgan fingerprint density at radius 3 is 2.44 bits per heavy atom. The van der Waals surface area contributed by atoms with E-state index in [1.165, 1.54) is 0 Å². The van der Waals surface area contributed by atoms with Gasteiger partial charge in [0.2, 0.25) is 0 Å². The largest absolute Gasteiger partial charge is 0.394 e. The number of amides is 1. The molecule has 0 bridgehead atoms. The van der Waals surface area contributed by atoms with Crippen LogP contribution in [0.2, 0.25) is 0 Å². The fraction of sp³-hybridized carbons (Fsp3) is 0.417. The van der Waals surface area contributed by atoms with Gasteiger partial charge in [-0.15, -0.1) is 0 Å². The van der Waals surface area contributed by atoms with Gasteiger partial charge < -0.3 is 15.5 Å². The average molecular weight is 223 g/mol. The summed E-state index contributed by atoms with van der Waals surface area (Å²) in [5.41, 5.74) is -0.193. The smallest absolute Gasteiger partial charge is 0.253 e. The first-order valence-corrected chi connectivity index (χ1v) is 5.12. The zero-order chi connectivity index (χ0) is 12.2. The van der Waals surface area contributed by atoms with Crippen LogP contribution in [0.1, 0.15) is 25.5 Å². The molecule has 1 rings (SSSR count). The van der Waals surface area contributed by atoms with Crippen molar-refractivity contribution in [2.24, 2.45) is 0 Å². The van der Waals surface area contributed by atoms with Crippen LogP contribution in [0, 0.1) is 0 Å². The van der Waals surface area contributed by atoms with E-state index in [4.69, 9.17) is 5.11 Å². The van der Waals surface area contributed by atoms with E-state index in [0.29, 0.717) is 5.56 Å². The van der Waals surface area contributed by atoms with Crippen molar-refractivity contribution >= 4 is 5.91 Å². The van der Waals surface area contributed by atoms with E-state index in [1.807, 2.05) is 6.07 Å². The predicted octanol–water partition coefficient (Wildman–Crippen LogP) is 0.607. The van der Waals surface area contributed by atoms with Crippen molar-refractivity contribution < 1.29 is 15.0 Å². The second kappa shape index (κ2) is 5.09. The molecule has 1 aromatic rings. The summed E-state index contributed by atoms with van der Waals surface area (Å²) in [7, 11) is 0. The molecule has 4 heteroatoms. The van der Waals surface area contributed by atoms with Crippen LogP contribution in [0.5, 0.6) is 0 Å². The first-order chi connectivity index (χ1) is 7.46. The zero-order valence-corrected chi connectivity index (χ0v) is 9.47. The van der Waals surface area contributed by atoms with Gasteiger partial charge >= 0.3 is 0 Å². The van der Waals surface area contributed by atoms with Gasteiger partial charge in [-0.25, -0.2) is 0 Å². The Morgan fingerprint density at radius 2 is 1.94 bits per heavy atom. The van der Waals surface area contributed by atoms with Crippen LogP contribution in [-0.4, -0.2) is 28.3 Å². The monoisotopic (exact) mass is 223 g/mol. The zero-order valence-electron chi connectivity index (χ0n) is 9.47. The molecule has 0 unspecified atom stereocenters. The number of aliphatic hydroxyl groups excluding tert-OH is 2. The molecular formula is C12H17NO3. The number of benzene rings is 1. The Hall–Kier alpha value is -1.39. The number of carbonyl (C=O) groups is 1. The summed E-state index contributed by atoms with van der Waals surface area (Å²) >= 11 is 0. The Kier molecular flexibility index (Phi) is 4.04. The number of hydrogen-bond donors (Lipinski definition) is 3. The van der Waals surface area contributed by atoms with Crippen molar-refractivity contribution in [2.45, 2.75) is 25.5 Å². The van der Waals surface area contributed by atoms with E-state index >= 15 is 0 Å². The van der Waals surface area contributed by atoms with Crippen LogP contribution in [-0.2, 0) is 4.79 Å². The Balaban J connectivity index is 2.69. The van der Waals surface area contributed by atoms with Gasteiger partial charge in [0.1, 0.15) is 0 Å². The van der Waals surface area contributed by atoms with Crippen LogP contribution in [0.15, 0.2) is 30.3 Å². The quantitative estimate of drug-likeness (QED) is 0.700. The minimum atomic E-state index is -1.20. The Labute approximate surface area is 94.9 Å². The molecule has 0 fully saturated rings. The molecule has 1 aromatic carbocycles. The highest BCUT2D eigenvalue weighted by atomic mass is 16.3. The van der Waals surface area contributed by atoms with Crippen molar-refractivity contribution in [1.29, 1.82) is 0 Å². The van der Waals surface area contributed by atoms with E-state index < -0.39 is 17.6 Å². The number of carbonyl (C=O) groups excluding carboxylic acids is 1. The molecule has 0 spiro atoms. The van der Waals surface area contributed by atoms with Gasteiger partial charge in [-0.3, -0.25) is 4.79 Å². The number of rotatable bonds is 4. The van der Waals surface area contributed by atoms with Gasteiger partial charge in [0.05, 0.1) is 12.1 Å². The molecule has 0 aliphatic heterocycles. The number of hydrogen-bond acceptors (Lipinski definition) is 3. The summed E-state index contributed by atoms with van der Waals surface area (Å²) in [6.07, 6.45) is -1.20. The number of aliphatic hydroxyl groups is 2. The lowest BCUT2D eigenvalue weighted by Crippen LogP contribution is -2.48. The molecule has 1 atom stereocenters. The summed E-state index contributed by atoms with van der Waals surface area (Å²) in [5, 5.41) is 21.3. The maximum absolute atomic E-state index is 11.6. The second-order valence-electron chi connectivity index (χ2n) is 4.34. The third-order valence-electron chi connectivity index (χ3n) is 2.22. The molecule has 0 aliphatic rings. The molecule has 1 amide bonds. The molecule has 3 N–H and O–H groups in total. The van der Waals surface area contributed by atoms with E-state index in [0.717, 1.165) is 0 Å². The molecular weight excluding hydrogens is 206 g/mol. The van der Waals surface area contributed by atoms with E-state index in [1.54, 1.807) is 38.1 Å². The lowest BCUT2D eigenvalue weighted by atomic mass is 10.0. The van der Waals surface area contributed by atoms with Crippen molar-refractivity contribution in [1.82, 2.24) is 5.32 Å². The van der Waals surface area contributed by atoms with Crippen LogP contribution in [0.4, 0.5) is 0 Å². The molecule has 0 aromatic heterocycles. The summed E-state index contributed by atoms with van der Waals surface area (Å²) < 4.78 is 0. The van der Waals surface area contributed by atoms with E-state index in [-0.39, 0.29) is 6.61 Å². The Bertz CT molecular complexity index is 349. The van der Waals surface area contributed by atoms with Gasteiger partial charge in [0.15, 0.2) is 6.10 Å². The van der Waals surface area contributed by atoms with Crippen LogP contribution < -0.4 is 5.32 Å². The van der Waals surface area contributed by atoms with Crippen LogP contribution in [0.25, 0.3) is 0 Å². The molecule has 0 heterocycles. The highest BCUT2D eigenvalue weighted by Gasteiger charge is 2.24. The fourth-order valence-electron chi connectivity index (χ4n) is 1.23.